The third kappa shape index (κ3) is 3.64. The van der Waals surface area contributed by atoms with E-state index in [9.17, 15) is 9.59 Å². The van der Waals surface area contributed by atoms with E-state index in [4.69, 9.17) is 0 Å². The molecular weight excluding hydrogens is 322 g/mol. The standard InChI is InChI=1S/C18H27N3O2S/c1-13(18(23)19-12-15-6-5-11-24-15)20-9-3-7-16(20)17-8-4-10-21(17)14(2)22/h5-6,11,13,16-17H,3-4,7-10,12H2,1-2H3,(H,19,23)/t13-,16+,17+/m0/s1. The molecule has 0 radical (unpaired) electrons. The zero-order valence-corrected chi connectivity index (χ0v) is 15.3. The van der Waals surface area contributed by atoms with Crippen molar-refractivity contribution in [2.24, 2.45) is 0 Å². The van der Waals surface area contributed by atoms with Gasteiger partial charge < -0.3 is 10.2 Å². The maximum Gasteiger partial charge on any atom is 0.237 e. The average Bonchev–Trinajstić information content (AvgIpc) is 3.31. The second kappa shape index (κ2) is 7.66. The van der Waals surface area contributed by atoms with Crippen molar-refractivity contribution in [1.82, 2.24) is 15.1 Å². The predicted molar refractivity (Wildman–Crippen MR) is 95.8 cm³/mol. The summed E-state index contributed by atoms with van der Waals surface area (Å²) in [6.07, 6.45) is 4.32. The lowest BCUT2D eigenvalue weighted by Crippen LogP contribution is -2.53. The third-order valence-corrected chi connectivity index (χ3v) is 6.26. The van der Waals surface area contributed by atoms with Crippen LogP contribution in [0.5, 0.6) is 0 Å². The second-order valence-corrected chi connectivity index (χ2v) is 7.87. The summed E-state index contributed by atoms with van der Waals surface area (Å²) in [4.78, 5) is 30.0. The van der Waals surface area contributed by atoms with Gasteiger partial charge in [0.2, 0.25) is 11.8 Å². The normalized spacial score (nSPS) is 25.8. The molecule has 0 bridgehead atoms. The molecule has 24 heavy (non-hydrogen) atoms. The van der Waals surface area contributed by atoms with Crippen LogP contribution >= 0.6 is 11.3 Å². The van der Waals surface area contributed by atoms with Gasteiger partial charge in [0.15, 0.2) is 0 Å². The fourth-order valence-corrected chi connectivity index (χ4v) is 4.82. The quantitative estimate of drug-likeness (QED) is 0.887. The van der Waals surface area contributed by atoms with Crippen LogP contribution in [0.15, 0.2) is 17.5 Å². The van der Waals surface area contributed by atoms with E-state index in [2.05, 4.69) is 10.2 Å². The third-order valence-electron chi connectivity index (χ3n) is 5.38. The van der Waals surface area contributed by atoms with Crippen molar-refractivity contribution in [1.29, 1.82) is 0 Å². The molecule has 0 spiro atoms. The number of carbonyl (C=O) groups is 2. The van der Waals surface area contributed by atoms with Crippen LogP contribution in [0.3, 0.4) is 0 Å². The number of likely N-dealkylation sites (tertiary alicyclic amines) is 2. The Hall–Kier alpha value is -1.40. The molecule has 0 saturated carbocycles. The Kier molecular flexibility index (Phi) is 5.56. The van der Waals surface area contributed by atoms with E-state index in [1.807, 2.05) is 29.3 Å². The van der Waals surface area contributed by atoms with Gasteiger partial charge in [0.25, 0.3) is 0 Å². The molecule has 2 aliphatic rings. The van der Waals surface area contributed by atoms with Crippen LogP contribution in [-0.2, 0) is 16.1 Å². The summed E-state index contributed by atoms with van der Waals surface area (Å²) < 4.78 is 0. The first-order chi connectivity index (χ1) is 11.6. The highest BCUT2D eigenvalue weighted by molar-refractivity contribution is 7.09. The molecule has 1 N–H and O–H groups in total. The van der Waals surface area contributed by atoms with Crippen molar-refractivity contribution in [2.75, 3.05) is 13.1 Å². The lowest BCUT2D eigenvalue weighted by Gasteiger charge is -2.37. The Balaban J connectivity index is 1.61. The van der Waals surface area contributed by atoms with Crippen LogP contribution in [0.1, 0.15) is 44.4 Å². The number of thiophene rings is 1. The summed E-state index contributed by atoms with van der Waals surface area (Å²) in [6, 6.07) is 4.49. The van der Waals surface area contributed by atoms with E-state index in [1.165, 1.54) is 4.88 Å². The minimum absolute atomic E-state index is 0.0858. The predicted octanol–water partition coefficient (Wildman–Crippen LogP) is 2.23. The van der Waals surface area contributed by atoms with Crippen molar-refractivity contribution in [3.8, 4) is 0 Å². The van der Waals surface area contributed by atoms with Crippen molar-refractivity contribution in [3.05, 3.63) is 22.4 Å². The molecule has 0 aliphatic carbocycles. The van der Waals surface area contributed by atoms with Crippen molar-refractivity contribution in [3.63, 3.8) is 0 Å². The SMILES string of the molecule is CC(=O)N1CCC[C@@H]1[C@H]1CCCN1[C@@H](C)C(=O)NCc1cccs1. The minimum atomic E-state index is -0.146. The summed E-state index contributed by atoms with van der Waals surface area (Å²) in [5.74, 6) is 0.252. The molecule has 2 fully saturated rings. The number of carbonyl (C=O) groups excluding carboxylic acids is 2. The number of hydrogen-bond donors (Lipinski definition) is 1. The molecule has 0 unspecified atom stereocenters. The fourth-order valence-electron chi connectivity index (χ4n) is 4.18. The molecule has 6 heteroatoms. The van der Waals surface area contributed by atoms with Gasteiger partial charge in [-0.3, -0.25) is 14.5 Å². The Morgan fingerprint density at radius 1 is 1.29 bits per heavy atom. The largest absolute Gasteiger partial charge is 0.350 e. The van der Waals surface area contributed by atoms with Crippen molar-refractivity contribution >= 4 is 23.2 Å². The zero-order valence-electron chi connectivity index (χ0n) is 14.5. The first kappa shape index (κ1) is 17.4. The Morgan fingerprint density at radius 3 is 2.75 bits per heavy atom. The highest BCUT2D eigenvalue weighted by Gasteiger charge is 2.41. The minimum Gasteiger partial charge on any atom is -0.350 e. The Bertz CT molecular complexity index is 575. The number of nitrogens with one attached hydrogen (secondary N) is 1. The van der Waals surface area contributed by atoms with Gasteiger partial charge in [-0.1, -0.05) is 6.07 Å². The van der Waals surface area contributed by atoms with Crippen LogP contribution < -0.4 is 5.32 Å². The van der Waals surface area contributed by atoms with Gasteiger partial charge in [0.05, 0.1) is 12.6 Å². The van der Waals surface area contributed by atoms with E-state index in [-0.39, 0.29) is 23.9 Å². The lowest BCUT2D eigenvalue weighted by atomic mass is 10.0. The molecule has 3 atom stereocenters. The lowest BCUT2D eigenvalue weighted by molar-refractivity contribution is -0.131. The topological polar surface area (TPSA) is 52.7 Å². The van der Waals surface area contributed by atoms with E-state index in [0.29, 0.717) is 12.6 Å². The van der Waals surface area contributed by atoms with Gasteiger partial charge in [-0.05, 0) is 50.6 Å². The summed E-state index contributed by atoms with van der Waals surface area (Å²) in [5, 5.41) is 5.08. The van der Waals surface area contributed by atoms with Crippen molar-refractivity contribution < 1.29 is 9.59 Å². The highest BCUT2D eigenvalue weighted by Crippen LogP contribution is 2.31. The molecule has 2 saturated heterocycles. The van der Waals surface area contributed by atoms with Crippen LogP contribution in [0.2, 0.25) is 0 Å². The van der Waals surface area contributed by atoms with Gasteiger partial charge in [-0.25, -0.2) is 0 Å². The second-order valence-electron chi connectivity index (χ2n) is 6.84. The molecule has 1 aromatic rings. The van der Waals surface area contributed by atoms with E-state index >= 15 is 0 Å². The molecule has 2 aliphatic heterocycles. The Morgan fingerprint density at radius 2 is 2.04 bits per heavy atom. The smallest absolute Gasteiger partial charge is 0.237 e. The van der Waals surface area contributed by atoms with Crippen LogP contribution in [0.25, 0.3) is 0 Å². The molecule has 0 aromatic carbocycles. The molecule has 1 aromatic heterocycles. The number of hydrogen-bond acceptors (Lipinski definition) is 4. The first-order valence-electron chi connectivity index (χ1n) is 8.91. The maximum absolute atomic E-state index is 12.6. The van der Waals surface area contributed by atoms with E-state index < -0.39 is 0 Å². The first-order valence-corrected chi connectivity index (χ1v) is 9.79. The van der Waals surface area contributed by atoms with Crippen molar-refractivity contribution in [2.45, 2.75) is 64.2 Å². The molecule has 2 amide bonds. The van der Waals surface area contributed by atoms with E-state index in [0.717, 1.165) is 38.8 Å². The Labute approximate surface area is 148 Å². The van der Waals surface area contributed by atoms with Gasteiger partial charge in [0.1, 0.15) is 0 Å². The maximum atomic E-state index is 12.6. The fraction of sp³-hybridized carbons (Fsp3) is 0.667. The number of nitrogens with zero attached hydrogens (tertiary/aromatic N) is 2. The molecular formula is C18H27N3O2S. The molecule has 3 heterocycles. The highest BCUT2D eigenvalue weighted by atomic mass is 32.1. The average molecular weight is 350 g/mol. The molecule has 132 valence electrons. The monoisotopic (exact) mass is 349 g/mol. The van der Waals surface area contributed by atoms with Gasteiger partial charge in [0, 0.05) is 30.4 Å². The van der Waals surface area contributed by atoms with E-state index in [1.54, 1.807) is 18.3 Å². The number of amides is 2. The van der Waals surface area contributed by atoms with Gasteiger partial charge in [-0.2, -0.15) is 0 Å². The molecule has 5 nitrogen and oxygen atoms in total. The molecule has 3 rings (SSSR count). The summed E-state index contributed by atoms with van der Waals surface area (Å²) in [5.41, 5.74) is 0. The van der Waals surface area contributed by atoms with Gasteiger partial charge in [-0.15, -0.1) is 11.3 Å². The summed E-state index contributed by atoms with van der Waals surface area (Å²) in [7, 11) is 0. The summed E-state index contributed by atoms with van der Waals surface area (Å²) >= 11 is 1.66. The van der Waals surface area contributed by atoms with Crippen LogP contribution in [-0.4, -0.2) is 52.8 Å². The van der Waals surface area contributed by atoms with Gasteiger partial charge >= 0.3 is 0 Å². The zero-order chi connectivity index (χ0) is 17.1. The van der Waals surface area contributed by atoms with Crippen LogP contribution in [0.4, 0.5) is 0 Å². The van der Waals surface area contributed by atoms with Crippen LogP contribution in [0, 0.1) is 0 Å². The summed E-state index contributed by atoms with van der Waals surface area (Å²) in [6.45, 7) is 6.07. The number of rotatable bonds is 5.